The number of rotatable bonds is 1. The number of nitrogens with one attached hydrogen (secondary N) is 1. The minimum atomic E-state index is -0.0341. The van der Waals surface area contributed by atoms with E-state index < -0.39 is 0 Å². The van der Waals surface area contributed by atoms with Gasteiger partial charge in [-0.3, -0.25) is 4.79 Å². The van der Waals surface area contributed by atoms with Gasteiger partial charge in [0.15, 0.2) is 0 Å². The van der Waals surface area contributed by atoms with E-state index in [0.29, 0.717) is 17.1 Å². The van der Waals surface area contributed by atoms with Gasteiger partial charge in [-0.2, -0.15) is 5.10 Å². The van der Waals surface area contributed by atoms with E-state index in [-0.39, 0.29) is 11.9 Å². The molecule has 3 N–H and O–H groups in total. The molecular weight excluding hydrogens is 228 g/mol. The number of nitrogens with zero attached hydrogens (tertiary/aromatic N) is 2. The third kappa shape index (κ3) is 1.92. The average Bonchev–Trinajstić information content (AvgIpc) is 2.81. The molecule has 18 heavy (non-hydrogen) atoms. The maximum Gasteiger partial charge on any atom is 0.256 e. The van der Waals surface area contributed by atoms with Crippen LogP contribution in [0.3, 0.4) is 0 Å². The van der Waals surface area contributed by atoms with Crippen LogP contribution in [0, 0.1) is 0 Å². The molecule has 1 atom stereocenters. The lowest BCUT2D eigenvalue weighted by Crippen LogP contribution is -2.42. The molecule has 0 aromatic heterocycles. The van der Waals surface area contributed by atoms with Crippen molar-refractivity contribution >= 4 is 11.7 Å². The molecule has 0 radical (unpaired) electrons. The molecule has 1 amide bonds. The van der Waals surface area contributed by atoms with Crippen LogP contribution in [-0.4, -0.2) is 29.2 Å². The first-order valence-corrected chi connectivity index (χ1v) is 6.08. The van der Waals surface area contributed by atoms with Gasteiger partial charge in [0, 0.05) is 6.54 Å². The molecule has 0 aromatic carbocycles. The average molecular weight is 246 g/mol. The van der Waals surface area contributed by atoms with Crippen molar-refractivity contribution in [2.24, 2.45) is 10.9 Å². The topological polar surface area (TPSA) is 70.7 Å². The number of hydrogen-bond donors (Lipinski definition) is 2. The van der Waals surface area contributed by atoms with Crippen LogP contribution in [-0.2, 0) is 4.79 Å². The molecule has 5 heteroatoms. The van der Waals surface area contributed by atoms with Crippen molar-refractivity contribution in [3.8, 4) is 0 Å². The first-order valence-electron chi connectivity index (χ1n) is 6.08. The molecule has 2 rings (SSSR count). The van der Waals surface area contributed by atoms with E-state index in [2.05, 4.69) is 17.0 Å². The van der Waals surface area contributed by atoms with Crippen LogP contribution in [0.25, 0.3) is 0 Å². The summed E-state index contributed by atoms with van der Waals surface area (Å²) in [5, 5.41) is 6.95. The lowest BCUT2D eigenvalue weighted by molar-refractivity contribution is -0.126. The second-order valence-corrected chi connectivity index (χ2v) is 4.31. The highest BCUT2D eigenvalue weighted by Crippen LogP contribution is 2.26. The fourth-order valence-electron chi connectivity index (χ4n) is 2.50. The molecule has 2 aliphatic heterocycles. The quantitative estimate of drug-likeness (QED) is 0.410. The predicted molar refractivity (Wildman–Crippen MR) is 71.5 cm³/mol. The molecule has 5 nitrogen and oxygen atoms in total. The van der Waals surface area contributed by atoms with Crippen molar-refractivity contribution in [1.29, 1.82) is 0 Å². The third-order valence-corrected chi connectivity index (χ3v) is 3.32. The Hall–Kier alpha value is -2.04. The highest BCUT2D eigenvalue weighted by Gasteiger charge is 2.38. The van der Waals surface area contributed by atoms with E-state index in [0.717, 1.165) is 19.4 Å². The Morgan fingerprint density at radius 1 is 1.61 bits per heavy atom. The summed E-state index contributed by atoms with van der Waals surface area (Å²) in [5.74, 6) is 6.11. The maximum atomic E-state index is 12.5. The number of nitrogens with two attached hydrogens (primary N) is 1. The number of carbonyl (C=O) groups excluding carboxylic acids is 1. The van der Waals surface area contributed by atoms with Crippen molar-refractivity contribution in [3.63, 3.8) is 0 Å². The van der Waals surface area contributed by atoms with Crippen LogP contribution in [0.4, 0.5) is 0 Å². The van der Waals surface area contributed by atoms with Crippen LogP contribution in [0.1, 0.15) is 19.8 Å². The highest BCUT2D eigenvalue weighted by atomic mass is 16.2. The third-order valence-electron chi connectivity index (χ3n) is 3.32. The molecule has 96 valence electrons. The molecule has 0 aromatic rings. The van der Waals surface area contributed by atoms with E-state index in [9.17, 15) is 4.79 Å². The Morgan fingerprint density at radius 3 is 3.00 bits per heavy atom. The zero-order valence-corrected chi connectivity index (χ0v) is 10.5. The Kier molecular flexibility index (Phi) is 3.50. The molecule has 0 unspecified atom stereocenters. The van der Waals surface area contributed by atoms with Crippen LogP contribution < -0.4 is 11.2 Å². The summed E-state index contributed by atoms with van der Waals surface area (Å²) >= 11 is 0. The van der Waals surface area contributed by atoms with Crippen LogP contribution in [0.15, 0.2) is 41.2 Å². The van der Waals surface area contributed by atoms with Crippen LogP contribution in [0.2, 0.25) is 0 Å². The van der Waals surface area contributed by atoms with Gasteiger partial charge in [-0.1, -0.05) is 18.7 Å². The van der Waals surface area contributed by atoms with Crippen molar-refractivity contribution in [3.05, 3.63) is 36.1 Å². The standard InChI is InChI=1S/C13H18N4O/c1-3-6-10-9(4-2)13(18)17-8-5-7-11(17)12(15-10)16-14/h3-4,6,11H,1,5,7-8,14H2,2H3,(H,15,16)/b9-4+,10-6+/t11-/m0/s1. The van der Waals surface area contributed by atoms with E-state index in [1.54, 1.807) is 18.2 Å². The van der Waals surface area contributed by atoms with Gasteiger partial charge in [-0.05, 0) is 25.8 Å². The Bertz CT molecular complexity index is 462. The van der Waals surface area contributed by atoms with Gasteiger partial charge in [0.1, 0.15) is 5.84 Å². The smallest absolute Gasteiger partial charge is 0.256 e. The van der Waals surface area contributed by atoms with Crippen molar-refractivity contribution < 1.29 is 4.79 Å². The minimum absolute atomic E-state index is 0.0271. The van der Waals surface area contributed by atoms with E-state index in [1.807, 2.05) is 11.8 Å². The first-order chi connectivity index (χ1) is 8.72. The number of hydrogen-bond acceptors (Lipinski definition) is 3. The molecule has 0 bridgehead atoms. The number of hydrazone groups is 1. The van der Waals surface area contributed by atoms with Gasteiger partial charge in [-0.25, -0.2) is 0 Å². The van der Waals surface area contributed by atoms with E-state index >= 15 is 0 Å². The Labute approximate surface area is 107 Å². The molecular formula is C13H18N4O. The molecule has 2 aliphatic rings. The van der Waals surface area contributed by atoms with E-state index in [4.69, 9.17) is 5.84 Å². The van der Waals surface area contributed by atoms with Gasteiger partial charge in [0.2, 0.25) is 0 Å². The van der Waals surface area contributed by atoms with Crippen LogP contribution >= 0.6 is 0 Å². The predicted octanol–water partition coefficient (Wildman–Crippen LogP) is 0.869. The normalized spacial score (nSPS) is 30.5. The van der Waals surface area contributed by atoms with Gasteiger partial charge >= 0.3 is 0 Å². The minimum Gasteiger partial charge on any atom is -0.340 e. The van der Waals surface area contributed by atoms with E-state index in [1.165, 1.54) is 0 Å². The summed E-state index contributed by atoms with van der Waals surface area (Å²) in [5.41, 5.74) is 1.34. The Morgan fingerprint density at radius 2 is 2.39 bits per heavy atom. The number of fused-ring (bicyclic) bond motifs is 1. The zero-order chi connectivity index (χ0) is 13.1. The molecule has 0 aliphatic carbocycles. The van der Waals surface area contributed by atoms with Gasteiger partial charge < -0.3 is 16.1 Å². The molecule has 2 heterocycles. The first kappa shape index (κ1) is 12.4. The summed E-state index contributed by atoms with van der Waals surface area (Å²) < 4.78 is 0. The fraction of sp³-hybridized carbons (Fsp3) is 0.385. The molecule has 0 saturated carbocycles. The summed E-state index contributed by atoms with van der Waals surface area (Å²) in [6, 6.07) is -0.0341. The Balaban J connectivity index is 2.49. The summed E-state index contributed by atoms with van der Waals surface area (Å²) in [6.07, 6.45) is 7.09. The number of carbonyl (C=O) groups is 1. The maximum absolute atomic E-state index is 12.5. The van der Waals surface area contributed by atoms with Crippen LogP contribution in [0.5, 0.6) is 0 Å². The number of allylic oxidation sites excluding steroid dienone is 3. The van der Waals surface area contributed by atoms with Gasteiger partial charge in [0.25, 0.3) is 5.91 Å². The summed E-state index contributed by atoms with van der Waals surface area (Å²) in [4.78, 5) is 14.3. The van der Waals surface area contributed by atoms with Gasteiger partial charge in [0.05, 0.1) is 17.3 Å². The number of amidine groups is 1. The lowest BCUT2D eigenvalue weighted by atomic mass is 10.1. The summed E-state index contributed by atoms with van der Waals surface area (Å²) in [6.45, 7) is 6.26. The number of amides is 1. The monoisotopic (exact) mass is 246 g/mol. The second-order valence-electron chi connectivity index (χ2n) is 4.31. The van der Waals surface area contributed by atoms with Crippen molar-refractivity contribution in [2.45, 2.75) is 25.8 Å². The van der Waals surface area contributed by atoms with Gasteiger partial charge in [-0.15, -0.1) is 0 Å². The van der Waals surface area contributed by atoms with Crippen molar-refractivity contribution in [2.75, 3.05) is 6.54 Å². The summed E-state index contributed by atoms with van der Waals surface area (Å²) in [7, 11) is 0. The lowest BCUT2D eigenvalue weighted by Gasteiger charge is -2.21. The molecule has 2 saturated heterocycles. The fourth-order valence-corrected chi connectivity index (χ4v) is 2.50. The van der Waals surface area contributed by atoms with Crippen molar-refractivity contribution in [1.82, 2.24) is 10.2 Å². The highest BCUT2D eigenvalue weighted by molar-refractivity contribution is 6.05. The molecule has 0 spiro atoms. The largest absolute Gasteiger partial charge is 0.340 e. The zero-order valence-electron chi connectivity index (χ0n) is 10.5. The molecule has 2 fully saturated rings. The second kappa shape index (κ2) is 5.08. The SMILES string of the molecule is C=C/C=C1/N/C(=N/N)[C@@H]2CCCN2C(=O)/C1=C/C.